The molecule has 5 nitrogen and oxygen atoms in total. The highest BCUT2D eigenvalue weighted by atomic mass is 16.4. The molecule has 1 aliphatic rings. The van der Waals surface area contributed by atoms with Gasteiger partial charge in [0.25, 0.3) is 0 Å². The highest BCUT2D eigenvalue weighted by molar-refractivity contribution is 6.03. The number of carboxylic acids is 1. The largest absolute Gasteiger partial charge is 0.481 e. The molecule has 0 spiro atoms. The van der Waals surface area contributed by atoms with E-state index in [1.807, 2.05) is 0 Å². The maximum absolute atomic E-state index is 11.3. The molecule has 1 aliphatic heterocycles. The number of carbonyl (C=O) groups is 3. The van der Waals surface area contributed by atoms with Crippen LogP contribution in [0.3, 0.4) is 0 Å². The van der Waals surface area contributed by atoms with Crippen LogP contribution in [0.2, 0.25) is 0 Å². The second-order valence-electron chi connectivity index (χ2n) is 3.49. The highest BCUT2D eigenvalue weighted by Gasteiger charge is 2.34. The fourth-order valence-corrected chi connectivity index (χ4v) is 1.47. The van der Waals surface area contributed by atoms with E-state index < -0.39 is 5.97 Å². The number of aliphatic carboxylic acids is 1. The maximum Gasteiger partial charge on any atom is 0.303 e. The van der Waals surface area contributed by atoms with Gasteiger partial charge in [0, 0.05) is 25.3 Å². The Bertz CT molecular complexity index is 274. The van der Waals surface area contributed by atoms with E-state index >= 15 is 0 Å². The number of likely N-dealkylation sites (tertiary alicyclic amines) is 1. The number of hydrogen-bond acceptors (Lipinski definition) is 3. The third-order valence-corrected chi connectivity index (χ3v) is 2.24. The van der Waals surface area contributed by atoms with Gasteiger partial charge in [0.2, 0.25) is 11.8 Å². The fourth-order valence-electron chi connectivity index (χ4n) is 1.47. The lowest BCUT2D eigenvalue weighted by Crippen LogP contribution is -2.31. The van der Waals surface area contributed by atoms with Crippen molar-refractivity contribution in [1.29, 1.82) is 0 Å². The Hall–Kier alpha value is -1.39. The molecule has 1 rings (SSSR count). The SMILES string of the molecule is CC1CC(=O)N(CCCC(=O)O)C1=O. The molecule has 5 heteroatoms. The minimum Gasteiger partial charge on any atom is -0.481 e. The molecule has 0 aromatic carbocycles. The molecule has 14 heavy (non-hydrogen) atoms. The quantitative estimate of drug-likeness (QED) is 0.658. The van der Waals surface area contributed by atoms with E-state index in [0.717, 1.165) is 4.90 Å². The third-order valence-electron chi connectivity index (χ3n) is 2.24. The van der Waals surface area contributed by atoms with Crippen LogP contribution < -0.4 is 0 Å². The van der Waals surface area contributed by atoms with Crippen molar-refractivity contribution >= 4 is 17.8 Å². The van der Waals surface area contributed by atoms with E-state index in [0.29, 0.717) is 6.42 Å². The maximum atomic E-state index is 11.3. The van der Waals surface area contributed by atoms with Gasteiger partial charge in [0.15, 0.2) is 0 Å². The van der Waals surface area contributed by atoms with Crippen molar-refractivity contribution in [3.63, 3.8) is 0 Å². The average molecular weight is 199 g/mol. The number of imide groups is 1. The first-order valence-electron chi connectivity index (χ1n) is 4.58. The summed E-state index contributed by atoms with van der Waals surface area (Å²) in [5.74, 6) is -1.52. The van der Waals surface area contributed by atoms with E-state index in [2.05, 4.69) is 0 Å². The molecule has 0 aliphatic carbocycles. The van der Waals surface area contributed by atoms with Crippen LogP contribution in [0.25, 0.3) is 0 Å². The minimum absolute atomic E-state index is 0.00849. The lowest BCUT2D eigenvalue weighted by Gasteiger charge is -2.12. The summed E-state index contributed by atoms with van der Waals surface area (Å²) in [7, 11) is 0. The Morgan fingerprint density at radius 2 is 2.21 bits per heavy atom. The topological polar surface area (TPSA) is 74.7 Å². The van der Waals surface area contributed by atoms with E-state index in [1.54, 1.807) is 6.92 Å². The van der Waals surface area contributed by atoms with Gasteiger partial charge in [0.05, 0.1) is 0 Å². The zero-order chi connectivity index (χ0) is 10.7. The van der Waals surface area contributed by atoms with Crippen molar-refractivity contribution in [3.8, 4) is 0 Å². The van der Waals surface area contributed by atoms with Gasteiger partial charge in [-0.2, -0.15) is 0 Å². The average Bonchev–Trinajstić information content (AvgIpc) is 2.31. The molecule has 2 amide bonds. The number of rotatable bonds is 4. The standard InChI is InChI=1S/C9H13NO4/c1-6-5-7(11)10(9(6)14)4-2-3-8(12)13/h6H,2-5H2,1H3,(H,12,13). The molecule has 1 heterocycles. The number of amides is 2. The van der Waals surface area contributed by atoms with Crippen molar-refractivity contribution in [1.82, 2.24) is 4.90 Å². The third kappa shape index (κ3) is 2.31. The summed E-state index contributed by atoms with van der Waals surface area (Å²) in [6.07, 6.45) is 0.580. The lowest BCUT2D eigenvalue weighted by molar-refractivity contribution is -0.141. The fraction of sp³-hybridized carbons (Fsp3) is 0.667. The Kier molecular flexibility index (Phi) is 3.22. The summed E-state index contributed by atoms with van der Waals surface area (Å²) in [5, 5.41) is 8.38. The number of carboxylic acid groups (broad SMARTS) is 1. The molecular formula is C9H13NO4. The van der Waals surface area contributed by atoms with Crippen LogP contribution in [-0.4, -0.2) is 34.3 Å². The summed E-state index contributed by atoms with van der Waals surface area (Å²) in [6, 6.07) is 0. The van der Waals surface area contributed by atoms with Crippen molar-refractivity contribution in [2.24, 2.45) is 5.92 Å². The summed E-state index contributed by atoms with van der Waals surface area (Å²) in [5.41, 5.74) is 0. The molecule has 1 atom stereocenters. The van der Waals surface area contributed by atoms with Crippen LogP contribution in [0, 0.1) is 5.92 Å². The number of nitrogens with zero attached hydrogens (tertiary/aromatic N) is 1. The number of hydrogen-bond donors (Lipinski definition) is 1. The van der Waals surface area contributed by atoms with E-state index in [9.17, 15) is 14.4 Å². The lowest BCUT2D eigenvalue weighted by atomic mass is 10.1. The van der Waals surface area contributed by atoms with Gasteiger partial charge in [-0.15, -0.1) is 0 Å². The smallest absolute Gasteiger partial charge is 0.303 e. The zero-order valence-electron chi connectivity index (χ0n) is 8.02. The molecule has 0 radical (unpaired) electrons. The van der Waals surface area contributed by atoms with E-state index in [4.69, 9.17) is 5.11 Å². The highest BCUT2D eigenvalue weighted by Crippen LogP contribution is 2.18. The van der Waals surface area contributed by atoms with Gasteiger partial charge in [-0.3, -0.25) is 19.3 Å². The van der Waals surface area contributed by atoms with Crippen molar-refractivity contribution in [3.05, 3.63) is 0 Å². The molecule has 0 aromatic rings. The van der Waals surface area contributed by atoms with Crippen molar-refractivity contribution in [2.45, 2.75) is 26.2 Å². The first kappa shape index (κ1) is 10.7. The van der Waals surface area contributed by atoms with Crippen LogP contribution in [0.15, 0.2) is 0 Å². The minimum atomic E-state index is -0.905. The Morgan fingerprint density at radius 3 is 2.64 bits per heavy atom. The molecule has 78 valence electrons. The van der Waals surface area contributed by atoms with Gasteiger partial charge in [-0.25, -0.2) is 0 Å². The molecular weight excluding hydrogens is 186 g/mol. The normalized spacial score (nSPS) is 21.8. The molecule has 0 bridgehead atoms. The van der Waals surface area contributed by atoms with Crippen LogP contribution in [0.5, 0.6) is 0 Å². The molecule has 1 saturated heterocycles. The van der Waals surface area contributed by atoms with Gasteiger partial charge in [-0.1, -0.05) is 6.92 Å². The van der Waals surface area contributed by atoms with Crippen molar-refractivity contribution < 1.29 is 19.5 Å². The molecule has 1 unspecified atom stereocenters. The monoisotopic (exact) mass is 199 g/mol. The summed E-state index contributed by atoms with van der Waals surface area (Å²) in [4.78, 5) is 34.0. The predicted molar refractivity (Wildman–Crippen MR) is 47.4 cm³/mol. The molecule has 1 N–H and O–H groups in total. The van der Waals surface area contributed by atoms with Crippen LogP contribution in [-0.2, 0) is 14.4 Å². The van der Waals surface area contributed by atoms with Gasteiger partial charge in [-0.05, 0) is 6.42 Å². The summed E-state index contributed by atoms with van der Waals surface area (Å²) < 4.78 is 0. The van der Waals surface area contributed by atoms with Crippen LogP contribution >= 0.6 is 0 Å². The second-order valence-corrected chi connectivity index (χ2v) is 3.49. The zero-order valence-corrected chi connectivity index (χ0v) is 8.02. The van der Waals surface area contributed by atoms with E-state index in [1.165, 1.54) is 0 Å². The van der Waals surface area contributed by atoms with Crippen LogP contribution in [0.1, 0.15) is 26.2 Å². The van der Waals surface area contributed by atoms with Gasteiger partial charge < -0.3 is 5.11 Å². The summed E-state index contributed by atoms with van der Waals surface area (Å²) in [6.45, 7) is 1.94. The first-order chi connectivity index (χ1) is 6.52. The Balaban J connectivity index is 2.41. The number of carbonyl (C=O) groups excluding carboxylic acids is 2. The molecule has 1 fully saturated rings. The Morgan fingerprint density at radius 1 is 1.57 bits per heavy atom. The van der Waals surface area contributed by atoms with Crippen molar-refractivity contribution in [2.75, 3.05) is 6.54 Å². The Labute approximate surface area is 81.7 Å². The second kappa shape index (κ2) is 4.21. The summed E-state index contributed by atoms with van der Waals surface area (Å²) >= 11 is 0. The van der Waals surface area contributed by atoms with E-state index in [-0.39, 0.29) is 37.1 Å². The van der Waals surface area contributed by atoms with Gasteiger partial charge >= 0.3 is 5.97 Å². The van der Waals surface area contributed by atoms with Gasteiger partial charge in [0.1, 0.15) is 0 Å². The molecule has 0 aromatic heterocycles. The predicted octanol–water partition coefficient (Wildman–Crippen LogP) is 0.246. The molecule has 0 saturated carbocycles. The first-order valence-corrected chi connectivity index (χ1v) is 4.58. The van der Waals surface area contributed by atoms with Crippen LogP contribution in [0.4, 0.5) is 0 Å².